The molecule has 2 heterocycles. The third kappa shape index (κ3) is 9.00. The van der Waals surface area contributed by atoms with E-state index in [0.29, 0.717) is 6.92 Å². The van der Waals surface area contributed by atoms with Crippen molar-refractivity contribution in [1.29, 1.82) is 0 Å². The Bertz CT molecular complexity index is 3650. The van der Waals surface area contributed by atoms with Crippen molar-refractivity contribution < 1.29 is 75.3 Å². The Morgan fingerprint density at radius 1 is 1.02 bits per heavy atom. The van der Waals surface area contributed by atoms with Gasteiger partial charge in [0.25, 0.3) is 0 Å². The van der Waals surface area contributed by atoms with Crippen molar-refractivity contribution in [3.8, 4) is 11.1 Å². The molecule has 0 radical (unpaired) electrons. The molecular weight excluding hydrogens is 710 g/mol. The first-order valence-electron chi connectivity index (χ1n) is 30.3. The largest absolute Gasteiger partial charge is 0.416 e. The maximum Gasteiger partial charge on any atom is 0.416 e. The van der Waals surface area contributed by atoms with E-state index in [1.54, 1.807) is 0 Å². The number of halogens is 5. The zero-order valence-electron chi connectivity index (χ0n) is 58.6. The molecule has 1 fully saturated rings. The van der Waals surface area contributed by atoms with Crippen LogP contribution in [0.15, 0.2) is 100 Å². The van der Waals surface area contributed by atoms with Crippen LogP contribution < -0.4 is 5.43 Å². The third-order valence-electron chi connectivity index (χ3n) is 6.52. The second kappa shape index (κ2) is 16.7. The number of amides is 1. The van der Waals surface area contributed by atoms with Crippen molar-refractivity contribution in [3.63, 3.8) is 0 Å². The number of carbonyl (C=O) groups is 1. The third-order valence-corrected chi connectivity index (χ3v) is 7.30. The van der Waals surface area contributed by atoms with Crippen molar-refractivity contribution in [2.24, 2.45) is 0 Å². The lowest BCUT2D eigenvalue weighted by molar-refractivity contribution is -0.138. The van der Waals surface area contributed by atoms with Crippen molar-refractivity contribution in [2.75, 3.05) is 33.2 Å². The van der Waals surface area contributed by atoms with Crippen LogP contribution >= 0.6 is 11.8 Å². The van der Waals surface area contributed by atoms with Crippen molar-refractivity contribution in [3.05, 3.63) is 135 Å². The number of rotatable bonds is 12. The predicted molar refractivity (Wildman–Crippen MR) is 198 cm³/mol. The second-order valence-corrected chi connectivity index (χ2v) is 10.8. The summed E-state index contributed by atoms with van der Waals surface area (Å²) in [5.74, 6) is -8.04. The quantitative estimate of drug-likeness (QED) is 0.0937. The Morgan fingerprint density at radius 2 is 1.74 bits per heavy atom. The van der Waals surface area contributed by atoms with Gasteiger partial charge in [-0.2, -0.15) is 13.2 Å². The molecule has 278 valence electrons. The summed E-state index contributed by atoms with van der Waals surface area (Å²) in [7, 11) is 0.730. The Hall–Kier alpha value is -4.52. The SMILES string of the molecule is [2H]c1c([2H])c(F)c(F)c(C([2H])([2H])Sc2c([2H])c(=O)c3c([2H])c([2H])c([2H])c([2H])c3n2C([2H])([2H])C(=O)N(C([2H])([2H])c2c([2H])c([2H])c(-c3c([2H])c([2H])c(C(F)(F)F)c(C)c3[2H])c([2H])c2[2H])C2([2H])C([2H])([2H])C([2H])([2H])N(C([2H])([2H])COC)C([2H])([2H])C2([2H])[2H])c1[2H]. The number of hydrogen-bond donors (Lipinski definition) is 0. The number of pyridine rings is 1. The van der Waals surface area contributed by atoms with E-state index in [9.17, 15) is 30.3 Å². The minimum atomic E-state index is -5.45. The Kier molecular flexibility index (Phi) is 4.70. The van der Waals surface area contributed by atoms with E-state index in [4.69, 9.17) is 31.5 Å². The van der Waals surface area contributed by atoms with Gasteiger partial charge in [0.2, 0.25) is 5.91 Å². The number of para-hydroxylation sites is 1. The standard InChI is InChI=1S/C41H40F5N3O3S/c1-27-22-30(14-15-34(27)41(44,45)46)29-12-10-28(11-13-29)24-48(32-16-18-47(19-17-32)20-21-52-2)38(51)25-49-36-9-4-3-7-33(36)37(50)23-39(49)53-26-31-6-5-8-35(42)40(31)43/h3-15,22-23,32H,16-21,24-26H2,1-2H3/i3D,4D,5D,6D,7D,8D,9D,10D,11D,12D,13D,14D,15D,16D2,17D2,18D2,19D2,20D2,22D,23D,24D2,25D2,26D2,32D. The number of likely N-dealkylation sites (tertiary alicyclic amines) is 1. The van der Waals surface area contributed by atoms with Gasteiger partial charge < -0.3 is 19.1 Å². The van der Waals surface area contributed by atoms with Gasteiger partial charge in [0.05, 0.1) is 50.1 Å². The molecule has 0 atom stereocenters. The first-order valence-corrected chi connectivity index (χ1v) is 15.1. The molecule has 0 saturated carbocycles. The van der Waals surface area contributed by atoms with Crippen LogP contribution in [0.25, 0.3) is 22.0 Å². The normalized spacial score (nSPS) is 28.4. The molecule has 0 N–H and O–H groups in total. The molecule has 6 nitrogen and oxygen atoms in total. The van der Waals surface area contributed by atoms with E-state index in [0.717, 1.165) is 7.11 Å². The maximum absolute atomic E-state index is 16.1. The summed E-state index contributed by atoms with van der Waals surface area (Å²) in [4.78, 5) is 28.0. The van der Waals surface area contributed by atoms with Crippen LogP contribution in [0, 0.1) is 18.6 Å². The molecule has 1 amide bonds. The second-order valence-electron chi connectivity index (χ2n) is 10.0. The smallest absolute Gasteiger partial charge is 0.383 e. The van der Waals surface area contributed by atoms with Crippen LogP contribution in [0.1, 0.15) is 78.9 Å². The number of benzene rings is 4. The van der Waals surface area contributed by atoms with Gasteiger partial charge in [-0.1, -0.05) is 60.4 Å². The highest BCUT2D eigenvalue weighted by Gasteiger charge is 2.32. The van der Waals surface area contributed by atoms with Gasteiger partial charge in [-0.3, -0.25) is 9.59 Å². The van der Waals surface area contributed by atoms with E-state index in [1.807, 2.05) is 0 Å². The van der Waals surface area contributed by atoms with Gasteiger partial charge in [-0.05, 0) is 66.1 Å². The van der Waals surface area contributed by atoms with Crippen LogP contribution in [-0.4, -0.2) is 59.5 Å². The molecule has 12 heteroatoms. The van der Waals surface area contributed by atoms with Gasteiger partial charge in [0.1, 0.15) is 6.50 Å². The Labute approximate surface area is 354 Å². The molecule has 1 aliphatic rings. The molecule has 5 aromatic rings. The zero-order valence-corrected chi connectivity index (χ0v) is 27.4. The van der Waals surface area contributed by atoms with Crippen LogP contribution in [0.2, 0.25) is 0 Å². The summed E-state index contributed by atoms with van der Waals surface area (Å²) in [6, 6.07) is -30.6. The lowest BCUT2D eigenvalue weighted by Gasteiger charge is -2.39. The van der Waals surface area contributed by atoms with Gasteiger partial charge in [0.15, 0.2) is 17.1 Å². The highest BCUT2D eigenvalue weighted by atomic mass is 32.2. The van der Waals surface area contributed by atoms with Crippen molar-refractivity contribution in [1.82, 2.24) is 14.4 Å². The number of ether oxygens (including phenoxy) is 1. The summed E-state index contributed by atoms with van der Waals surface area (Å²) in [5, 5.41) is -3.48. The summed E-state index contributed by atoms with van der Waals surface area (Å²) >= 11 is -0.937. The molecule has 53 heavy (non-hydrogen) atoms. The van der Waals surface area contributed by atoms with E-state index in [2.05, 4.69) is 4.74 Å². The topological polar surface area (TPSA) is 54.8 Å². The molecule has 0 unspecified atom stereocenters. The van der Waals surface area contributed by atoms with Gasteiger partial charge >= 0.3 is 6.18 Å². The molecule has 1 aliphatic heterocycles. The Morgan fingerprint density at radius 3 is 2.45 bits per heavy atom. The number of fused-ring (bicyclic) bond motifs is 1. The first kappa shape index (κ1) is 15.0. The number of thioether (sulfide) groups is 1. The van der Waals surface area contributed by atoms with E-state index in [-0.39, 0.29) is 0 Å². The van der Waals surface area contributed by atoms with Crippen LogP contribution in [0.4, 0.5) is 22.0 Å². The van der Waals surface area contributed by atoms with Crippen LogP contribution in [-0.2, 0) is 34.4 Å². The number of carbonyl (C=O) groups excluding carboxylic acids is 1. The van der Waals surface area contributed by atoms with Crippen molar-refractivity contribution >= 4 is 28.6 Å². The molecule has 0 bridgehead atoms. The fourth-order valence-electron chi connectivity index (χ4n) is 4.14. The molecule has 1 aromatic heterocycles. The highest BCUT2D eigenvalue weighted by Crippen LogP contribution is 2.34. The molecule has 1 saturated heterocycles. The highest BCUT2D eigenvalue weighted by molar-refractivity contribution is 7.98. The average molecular weight is 782 g/mol. The number of alkyl halides is 3. The number of piperidine rings is 1. The average Bonchev–Trinajstić information content (AvgIpc) is 1.12. The van der Waals surface area contributed by atoms with E-state index < -0.39 is 259 Å². The van der Waals surface area contributed by atoms with Crippen LogP contribution in [0.5, 0.6) is 0 Å². The summed E-state index contributed by atoms with van der Waals surface area (Å²) in [6.07, 6.45) is -15.7. The molecule has 0 spiro atoms. The molecule has 0 aliphatic carbocycles. The van der Waals surface area contributed by atoms with Gasteiger partial charge in [-0.15, -0.1) is 11.8 Å². The summed E-state index contributed by atoms with van der Waals surface area (Å²) < 4.78 is 362. The lowest BCUT2D eigenvalue weighted by atomic mass is 9.98. The minimum absolute atomic E-state index is 0.596. The maximum atomic E-state index is 16.1. The van der Waals surface area contributed by atoms with E-state index in [1.165, 1.54) is 0 Å². The van der Waals surface area contributed by atoms with Crippen LogP contribution in [0.3, 0.4) is 0 Å². The number of aromatic nitrogens is 1. The summed E-state index contributed by atoms with van der Waals surface area (Å²) in [6.45, 7) is -24.4. The van der Waals surface area contributed by atoms with Gasteiger partial charge in [0, 0.05) is 78.3 Å². The zero-order chi connectivity index (χ0) is 66.0. The van der Waals surface area contributed by atoms with E-state index >= 15 is 13.6 Å². The first-order chi connectivity index (χ1) is 38.1. The number of hydrogen-bond acceptors (Lipinski definition) is 5. The Balaban J connectivity index is 1.89. The fourth-order valence-corrected chi connectivity index (χ4v) is 4.85. The number of methoxy groups -OCH3 is 1. The molecule has 4 aromatic carbocycles. The van der Waals surface area contributed by atoms with Crippen molar-refractivity contribution in [2.45, 2.75) is 55.6 Å². The fraction of sp³-hybridized carbons (Fsp3) is 0.317. The lowest BCUT2D eigenvalue weighted by Crippen LogP contribution is -2.48. The monoisotopic (exact) mass is 781 g/mol. The molecule has 6 rings (SSSR count). The predicted octanol–water partition coefficient (Wildman–Crippen LogP) is 8.71. The van der Waals surface area contributed by atoms with Gasteiger partial charge in [-0.25, -0.2) is 8.78 Å². The summed E-state index contributed by atoms with van der Waals surface area (Å²) in [5.41, 5.74) is -17.6. The molecular formula is C41H40F5N3O3S. The number of nitrogens with zero attached hydrogens (tertiary/aromatic N) is 3. The minimum Gasteiger partial charge on any atom is -0.383 e.